The number of carbonyl (C=O) groups is 2. The molecule has 2 nitrogen and oxygen atoms in total. The van der Waals surface area contributed by atoms with Gasteiger partial charge in [-0.1, -0.05) is 0 Å². The molecule has 0 rings (SSSR count). The fourth-order valence-corrected chi connectivity index (χ4v) is 11.2. The Morgan fingerprint density at radius 1 is 1.00 bits per heavy atom. The predicted octanol–water partition coefficient (Wildman–Crippen LogP) is 2.58. The molecule has 0 aliphatic rings. The van der Waals surface area contributed by atoms with Gasteiger partial charge in [-0.25, -0.2) is 0 Å². The molecule has 0 aromatic carbocycles. The summed E-state index contributed by atoms with van der Waals surface area (Å²) in [5, 5.41) is 0. The average Bonchev–Trinajstić information content (AvgIpc) is 2.07. The van der Waals surface area contributed by atoms with Crippen LogP contribution in [0, 0.1) is 0 Å². The van der Waals surface area contributed by atoms with Gasteiger partial charge in [-0.3, -0.25) is 0 Å². The van der Waals surface area contributed by atoms with Gasteiger partial charge >= 0.3 is 85.0 Å². The number of Topliss-reactive ketones (excluding diaryl/α,β-unsaturated/α-hetero) is 1. The van der Waals surface area contributed by atoms with Crippen molar-refractivity contribution in [3.63, 3.8) is 0 Å². The number of ketones is 1. The molecule has 76 valence electrons. The topological polar surface area (TPSA) is 34.1 Å². The van der Waals surface area contributed by atoms with E-state index >= 15 is 0 Å². The Hall–Kier alpha value is 0.139. The fourth-order valence-electron chi connectivity index (χ4n) is 1.76. The van der Waals surface area contributed by atoms with E-state index in [-0.39, 0.29) is 12.2 Å². The van der Waals surface area contributed by atoms with Crippen LogP contribution in [-0.4, -0.2) is 28.0 Å². The maximum absolute atomic E-state index is 11.8. The zero-order chi connectivity index (χ0) is 10.5. The van der Waals surface area contributed by atoms with Crippen molar-refractivity contribution in [1.82, 2.24) is 0 Å². The number of rotatable bonds is 6. The molecule has 0 spiro atoms. The second-order valence-electron chi connectivity index (χ2n) is 3.64. The zero-order valence-corrected chi connectivity index (χ0v) is 12.0. The molecule has 0 saturated carbocycles. The van der Waals surface area contributed by atoms with Crippen molar-refractivity contribution in [2.75, 3.05) is 0 Å². The first-order chi connectivity index (χ1) is 6.02. The van der Waals surface area contributed by atoms with Crippen LogP contribution in [-0.2, 0) is 9.59 Å². The Morgan fingerprint density at radius 3 is 1.62 bits per heavy atom. The molecule has 13 heavy (non-hydrogen) atoms. The first kappa shape index (κ1) is 13.1. The van der Waals surface area contributed by atoms with Gasteiger partial charge in [0.2, 0.25) is 0 Å². The molecule has 0 aliphatic carbocycles. The van der Waals surface area contributed by atoms with Gasteiger partial charge in [0.25, 0.3) is 0 Å². The van der Waals surface area contributed by atoms with Crippen LogP contribution in [0.15, 0.2) is 0 Å². The van der Waals surface area contributed by atoms with Crippen LogP contribution in [0.3, 0.4) is 0 Å². The van der Waals surface area contributed by atoms with Crippen molar-refractivity contribution < 1.29 is 9.59 Å². The van der Waals surface area contributed by atoms with Crippen molar-refractivity contribution >= 4 is 28.0 Å². The molecule has 0 bridgehead atoms. The van der Waals surface area contributed by atoms with Crippen LogP contribution in [0.1, 0.15) is 34.1 Å². The molecular formula is C10H20O2Sn. The second kappa shape index (κ2) is 5.78. The van der Waals surface area contributed by atoms with E-state index < -0.39 is 18.4 Å². The van der Waals surface area contributed by atoms with Crippen molar-refractivity contribution in [3.05, 3.63) is 0 Å². The fraction of sp³-hybridized carbons (Fsp3) is 0.800. The van der Waals surface area contributed by atoms with Crippen molar-refractivity contribution in [2.24, 2.45) is 0 Å². The summed E-state index contributed by atoms with van der Waals surface area (Å²) in [6.45, 7) is 7.85. The third-order valence-electron chi connectivity index (χ3n) is 3.03. The van der Waals surface area contributed by atoms with E-state index in [1.165, 1.54) is 6.92 Å². The molecular weight excluding hydrogens is 271 g/mol. The Kier molecular flexibility index (Phi) is 5.84. The molecule has 0 amide bonds. The van der Waals surface area contributed by atoms with Crippen LogP contribution < -0.4 is 0 Å². The number of hydrogen-bond acceptors (Lipinski definition) is 2. The molecule has 3 heteroatoms. The second-order valence-corrected chi connectivity index (χ2v) is 18.6. The maximum atomic E-state index is 11.8. The Morgan fingerprint density at radius 2 is 1.38 bits per heavy atom. The summed E-state index contributed by atoms with van der Waals surface area (Å²) in [4.78, 5) is 22.7. The quantitative estimate of drug-likeness (QED) is 0.557. The minimum absolute atomic E-state index is 0.0291. The molecule has 0 fully saturated rings. The summed E-state index contributed by atoms with van der Waals surface area (Å²) in [5.41, 5.74) is 0. The van der Waals surface area contributed by atoms with Crippen LogP contribution in [0.5, 0.6) is 0 Å². The summed E-state index contributed by atoms with van der Waals surface area (Å²) in [6, 6.07) is 0. The van der Waals surface area contributed by atoms with Gasteiger partial charge in [0.15, 0.2) is 0 Å². The van der Waals surface area contributed by atoms with Crippen LogP contribution in [0.25, 0.3) is 0 Å². The predicted molar refractivity (Wildman–Crippen MR) is 57.5 cm³/mol. The van der Waals surface area contributed by atoms with Gasteiger partial charge in [-0.2, -0.15) is 0 Å². The van der Waals surface area contributed by atoms with Crippen LogP contribution in [0.2, 0.25) is 13.3 Å². The first-order valence-electron chi connectivity index (χ1n) is 5.05. The zero-order valence-electron chi connectivity index (χ0n) is 9.14. The summed E-state index contributed by atoms with van der Waals surface area (Å²) >= 11 is -2.51. The van der Waals surface area contributed by atoms with E-state index in [1.54, 1.807) is 0 Å². The molecule has 0 N–H and O–H groups in total. The van der Waals surface area contributed by atoms with Gasteiger partial charge in [0, 0.05) is 0 Å². The van der Waals surface area contributed by atoms with Gasteiger partial charge < -0.3 is 0 Å². The van der Waals surface area contributed by atoms with Gasteiger partial charge in [-0.15, -0.1) is 0 Å². The molecule has 0 aromatic rings. The molecule has 0 heterocycles. The summed E-state index contributed by atoms with van der Waals surface area (Å²) in [7, 11) is 0. The van der Waals surface area contributed by atoms with Crippen molar-refractivity contribution in [2.45, 2.75) is 47.4 Å². The van der Waals surface area contributed by atoms with Crippen molar-refractivity contribution in [1.29, 1.82) is 0 Å². The van der Waals surface area contributed by atoms with E-state index in [2.05, 4.69) is 20.8 Å². The third kappa shape index (κ3) is 3.41. The SMILES string of the molecule is C[CH2][Sn]([CH2]C)([CH2]C)[C](=O)CC(C)=O. The average molecular weight is 291 g/mol. The first-order valence-corrected chi connectivity index (χ1v) is 12.5. The summed E-state index contributed by atoms with van der Waals surface area (Å²) < 4.78 is 3.48. The molecule has 0 aromatic heterocycles. The third-order valence-corrected chi connectivity index (χ3v) is 18.5. The van der Waals surface area contributed by atoms with Crippen LogP contribution in [0.4, 0.5) is 0 Å². The van der Waals surface area contributed by atoms with E-state index in [9.17, 15) is 9.59 Å². The molecule has 0 unspecified atom stereocenters. The van der Waals surface area contributed by atoms with E-state index in [1.807, 2.05) is 0 Å². The number of carbonyl (C=O) groups excluding carboxylic acids is 2. The summed E-state index contributed by atoms with van der Waals surface area (Å²) in [5.74, 6) is 0.0291. The Bertz CT molecular complexity index is 187. The molecule has 0 radical (unpaired) electrons. The monoisotopic (exact) mass is 292 g/mol. The molecule has 0 aliphatic heterocycles. The molecule has 0 atom stereocenters. The van der Waals surface area contributed by atoms with Gasteiger partial charge in [0.05, 0.1) is 0 Å². The van der Waals surface area contributed by atoms with Gasteiger partial charge in [0.1, 0.15) is 0 Å². The van der Waals surface area contributed by atoms with Crippen molar-refractivity contribution in [3.8, 4) is 0 Å². The van der Waals surface area contributed by atoms with E-state index in [0.717, 1.165) is 13.3 Å². The van der Waals surface area contributed by atoms with Crippen LogP contribution >= 0.6 is 0 Å². The Labute approximate surface area is 85.0 Å². The Balaban J connectivity index is 4.53. The normalized spacial score (nSPS) is 11.4. The van der Waals surface area contributed by atoms with Gasteiger partial charge in [-0.05, 0) is 0 Å². The number of hydrogen-bond donors (Lipinski definition) is 0. The van der Waals surface area contributed by atoms with E-state index in [0.29, 0.717) is 3.80 Å². The standard InChI is InChI=1S/C4H5O2.3C2H5.Sn/c1-4(6)2-3-5;3*1-2;/h2H2,1H3;3*1H2,2H3;. The molecule has 0 saturated heterocycles. The summed E-state index contributed by atoms with van der Waals surface area (Å²) in [6.07, 6.45) is 0.200. The van der Waals surface area contributed by atoms with E-state index in [4.69, 9.17) is 0 Å². The minimum atomic E-state index is -2.51.